The molecule has 2 aromatic carbocycles. The predicted molar refractivity (Wildman–Crippen MR) is 99.8 cm³/mol. The van der Waals surface area contributed by atoms with Gasteiger partial charge >= 0.3 is 5.97 Å². The highest BCUT2D eigenvalue weighted by Gasteiger charge is 2.21. The van der Waals surface area contributed by atoms with E-state index in [-0.39, 0.29) is 21.9 Å². The first-order valence-corrected chi connectivity index (χ1v) is 8.88. The van der Waals surface area contributed by atoms with Crippen molar-refractivity contribution in [1.29, 1.82) is 0 Å². The molecular formula is C17H11ClFN3O5S. The van der Waals surface area contributed by atoms with E-state index in [4.69, 9.17) is 11.6 Å². The van der Waals surface area contributed by atoms with Crippen LogP contribution >= 0.6 is 22.9 Å². The number of ether oxygens (including phenoxy) is 1. The van der Waals surface area contributed by atoms with E-state index in [2.05, 4.69) is 9.73 Å². The number of halogens is 2. The van der Waals surface area contributed by atoms with Crippen LogP contribution in [0.25, 0.3) is 10.2 Å². The van der Waals surface area contributed by atoms with E-state index < -0.39 is 28.3 Å². The average molecular weight is 424 g/mol. The van der Waals surface area contributed by atoms with Crippen molar-refractivity contribution in [2.24, 2.45) is 4.99 Å². The Labute approximate surface area is 165 Å². The van der Waals surface area contributed by atoms with Crippen LogP contribution in [0.15, 0.2) is 41.4 Å². The van der Waals surface area contributed by atoms with Crippen molar-refractivity contribution in [3.05, 3.63) is 67.7 Å². The SMILES string of the molecule is COC(=O)Cn1c(=NC(=O)c2cc(Cl)ccc2[N+](=O)[O-])sc2cc(F)ccc21. The molecule has 0 radical (unpaired) electrons. The number of nitro benzene ring substituents is 1. The van der Waals surface area contributed by atoms with Gasteiger partial charge in [-0.2, -0.15) is 4.99 Å². The van der Waals surface area contributed by atoms with Gasteiger partial charge in [-0.25, -0.2) is 4.39 Å². The summed E-state index contributed by atoms with van der Waals surface area (Å²) < 4.78 is 20.0. The maximum absolute atomic E-state index is 13.5. The third-order valence-corrected chi connectivity index (χ3v) is 5.02. The third kappa shape index (κ3) is 3.92. The zero-order valence-electron chi connectivity index (χ0n) is 14.2. The van der Waals surface area contributed by atoms with Gasteiger partial charge in [0.25, 0.3) is 11.6 Å². The number of methoxy groups -OCH3 is 1. The highest BCUT2D eigenvalue weighted by molar-refractivity contribution is 7.16. The number of amides is 1. The monoisotopic (exact) mass is 423 g/mol. The summed E-state index contributed by atoms with van der Waals surface area (Å²) in [7, 11) is 1.20. The second kappa shape index (κ2) is 7.87. The summed E-state index contributed by atoms with van der Waals surface area (Å²) in [5.41, 5.74) is -0.292. The number of benzene rings is 2. The fourth-order valence-electron chi connectivity index (χ4n) is 2.46. The molecule has 28 heavy (non-hydrogen) atoms. The van der Waals surface area contributed by atoms with Crippen molar-refractivity contribution < 1.29 is 23.6 Å². The second-order valence-electron chi connectivity index (χ2n) is 5.49. The third-order valence-electron chi connectivity index (χ3n) is 3.74. The lowest BCUT2D eigenvalue weighted by Crippen LogP contribution is -2.22. The lowest BCUT2D eigenvalue weighted by Gasteiger charge is -2.04. The van der Waals surface area contributed by atoms with Gasteiger partial charge < -0.3 is 9.30 Å². The fraction of sp³-hybridized carbons (Fsp3) is 0.118. The van der Waals surface area contributed by atoms with Crippen molar-refractivity contribution in [2.45, 2.75) is 6.54 Å². The summed E-state index contributed by atoms with van der Waals surface area (Å²) in [5.74, 6) is -2.02. The van der Waals surface area contributed by atoms with Crippen LogP contribution in [0.5, 0.6) is 0 Å². The Morgan fingerprint density at radius 3 is 2.75 bits per heavy atom. The van der Waals surface area contributed by atoms with E-state index in [0.29, 0.717) is 10.2 Å². The molecule has 0 saturated heterocycles. The summed E-state index contributed by atoms with van der Waals surface area (Å²) in [6.45, 7) is -0.272. The van der Waals surface area contributed by atoms with Crippen LogP contribution in [-0.2, 0) is 16.1 Å². The first-order chi connectivity index (χ1) is 13.3. The summed E-state index contributed by atoms with van der Waals surface area (Å²) >= 11 is 6.80. The number of nitrogens with zero attached hydrogens (tertiary/aromatic N) is 3. The van der Waals surface area contributed by atoms with Crippen molar-refractivity contribution >= 4 is 50.7 Å². The van der Waals surface area contributed by atoms with E-state index >= 15 is 0 Å². The van der Waals surface area contributed by atoms with Crippen LogP contribution in [-0.4, -0.2) is 28.5 Å². The van der Waals surface area contributed by atoms with Gasteiger partial charge in [-0.1, -0.05) is 22.9 Å². The molecule has 0 aliphatic rings. The summed E-state index contributed by atoms with van der Waals surface area (Å²) in [6, 6.07) is 7.41. The maximum atomic E-state index is 13.5. The Bertz CT molecular complexity index is 1190. The Morgan fingerprint density at radius 2 is 2.07 bits per heavy atom. The molecule has 3 rings (SSSR count). The Balaban J connectivity index is 2.20. The first kappa shape index (κ1) is 19.6. The fourth-order valence-corrected chi connectivity index (χ4v) is 3.69. The number of esters is 1. The zero-order valence-corrected chi connectivity index (χ0v) is 15.8. The number of aromatic nitrogens is 1. The molecular weight excluding hydrogens is 413 g/mol. The van der Waals surface area contributed by atoms with Gasteiger partial charge in [-0.3, -0.25) is 19.7 Å². The van der Waals surface area contributed by atoms with E-state index in [1.807, 2.05) is 0 Å². The van der Waals surface area contributed by atoms with Gasteiger partial charge in [0, 0.05) is 11.1 Å². The number of nitro groups is 1. The largest absolute Gasteiger partial charge is 0.468 e. The van der Waals surface area contributed by atoms with Gasteiger partial charge in [0.05, 0.1) is 22.2 Å². The van der Waals surface area contributed by atoms with Gasteiger partial charge in [-0.05, 0) is 30.3 Å². The average Bonchev–Trinajstić information content (AvgIpc) is 2.97. The van der Waals surface area contributed by atoms with Crippen LogP contribution in [0.3, 0.4) is 0 Å². The van der Waals surface area contributed by atoms with Crippen molar-refractivity contribution in [3.63, 3.8) is 0 Å². The first-order valence-electron chi connectivity index (χ1n) is 7.69. The molecule has 0 spiro atoms. The Kier molecular flexibility index (Phi) is 5.52. The summed E-state index contributed by atoms with van der Waals surface area (Å²) in [4.78, 5) is 38.8. The molecule has 0 aliphatic carbocycles. The van der Waals surface area contributed by atoms with E-state index in [0.717, 1.165) is 23.5 Å². The molecule has 1 heterocycles. The lowest BCUT2D eigenvalue weighted by atomic mass is 10.2. The van der Waals surface area contributed by atoms with Crippen molar-refractivity contribution in [1.82, 2.24) is 4.57 Å². The molecule has 0 bridgehead atoms. The Hall–Kier alpha value is -3.11. The molecule has 0 N–H and O–H groups in total. The number of fused-ring (bicyclic) bond motifs is 1. The number of carbonyl (C=O) groups is 2. The number of rotatable bonds is 4. The van der Waals surface area contributed by atoms with E-state index in [1.165, 1.54) is 35.9 Å². The topological polar surface area (TPSA) is 104 Å². The van der Waals surface area contributed by atoms with Gasteiger partial charge in [0.2, 0.25) is 0 Å². The van der Waals surface area contributed by atoms with E-state index in [9.17, 15) is 24.1 Å². The highest BCUT2D eigenvalue weighted by Crippen LogP contribution is 2.24. The number of hydrogen-bond donors (Lipinski definition) is 0. The summed E-state index contributed by atoms with van der Waals surface area (Å²) in [6.07, 6.45) is 0. The van der Waals surface area contributed by atoms with E-state index in [1.54, 1.807) is 0 Å². The van der Waals surface area contributed by atoms with Crippen molar-refractivity contribution in [3.8, 4) is 0 Å². The quantitative estimate of drug-likeness (QED) is 0.363. The smallest absolute Gasteiger partial charge is 0.325 e. The molecule has 3 aromatic rings. The molecule has 0 fully saturated rings. The molecule has 1 amide bonds. The molecule has 11 heteroatoms. The van der Waals surface area contributed by atoms with Gasteiger partial charge in [0.1, 0.15) is 17.9 Å². The number of hydrogen-bond acceptors (Lipinski definition) is 6. The Morgan fingerprint density at radius 1 is 1.32 bits per heavy atom. The van der Waals surface area contributed by atoms with Crippen molar-refractivity contribution in [2.75, 3.05) is 7.11 Å². The maximum Gasteiger partial charge on any atom is 0.325 e. The molecule has 0 saturated carbocycles. The normalized spacial score (nSPS) is 11.6. The molecule has 1 aromatic heterocycles. The van der Waals surface area contributed by atoms with Crippen LogP contribution in [0.4, 0.5) is 10.1 Å². The lowest BCUT2D eigenvalue weighted by molar-refractivity contribution is -0.385. The molecule has 0 atom stereocenters. The van der Waals surface area contributed by atoms with Crippen LogP contribution in [0.1, 0.15) is 10.4 Å². The minimum absolute atomic E-state index is 0.0604. The van der Waals surface area contributed by atoms with Crippen LogP contribution in [0.2, 0.25) is 5.02 Å². The van der Waals surface area contributed by atoms with Crippen LogP contribution < -0.4 is 4.80 Å². The van der Waals surface area contributed by atoms with Gasteiger partial charge in [-0.15, -0.1) is 0 Å². The second-order valence-corrected chi connectivity index (χ2v) is 6.94. The molecule has 144 valence electrons. The molecule has 0 unspecified atom stereocenters. The standard InChI is InChI=1S/C17H11ClFN3O5S/c1-27-15(23)8-21-13-5-3-10(19)7-14(13)28-17(21)20-16(24)11-6-9(18)2-4-12(11)22(25)26/h2-7H,8H2,1H3. The molecule has 0 aliphatic heterocycles. The number of thiazole rings is 1. The number of carbonyl (C=O) groups excluding carboxylic acids is 2. The highest BCUT2D eigenvalue weighted by atomic mass is 35.5. The predicted octanol–water partition coefficient (Wildman–Crippen LogP) is 3.32. The minimum Gasteiger partial charge on any atom is -0.468 e. The zero-order chi connectivity index (χ0) is 20.4. The summed E-state index contributed by atoms with van der Waals surface area (Å²) in [5, 5.41) is 11.3. The molecule has 8 nitrogen and oxygen atoms in total. The van der Waals surface area contributed by atoms with Gasteiger partial charge in [0.15, 0.2) is 4.80 Å². The minimum atomic E-state index is -0.917. The van der Waals surface area contributed by atoms with Crippen LogP contribution in [0, 0.1) is 15.9 Å².